The Kier molecular flexibility index (Phi) is 6.96. The van der Waals surface area contributed by atoms with Gasteiger partial charge in [0.05, 0.1) is 13.1 Å². The van der Waals surface area contributed by atoms with Gasteiger partial charge in [-0.25, -0.2) is 19.3 Å². The number of aliphatic hydroxyl groups is 2. The molecule has 0 aliphatic carbocycles. The van der Waals surface area contributed by atoms with Crippen molar-refractivity contribution in [2.75, 3.05) is 34.4 Å². The van der Waals surface area contributed by atoms with Crippen molar-refractivity contribution in [2.24, 2.45) is 0 Å². The molecule has 2 atom stereocenters. The van der Waals surface area contributed by atoms with Crippen LogP contribution in [0.2, 0.25) is 0 Å². The Morgan fingerprint density at radius 2 is 1.72 bits per heavy atom. The molecule has 1 saturated heterocycles. The van der Waals surface area contributed by atoms with Crippen molar-refractivity contribution >= 4 is 45.7 Å². The van der Waals surface area contributed by atoms with Crippen LogP contribution in [0, 0.1) is 5.82 Å². The molecule has 4 rings (SSSR count). The molecule has 3 aromatic rings. The lowest BCUT2D eigenvalue weighted by Gasteiger charge is -2.32. The zero-order chi connectivity index (χ0) is 22.8. The number of hydrogen-bond donors (Lipinski definition) is 2. The smallest absolute Gasteiger partial charge is 0.232 e. The van der Waals surface area contributed by atoms with Crippen LogP contribution < -0.4 is 9.80 Å². The van der Waals surface area contributed by atoms with Gasteiger partial charge in [0.2, 0.25) is 5.95 Å². The first kappa shape index (κ1) is 22.9. The highest BCUT2D eigenvalue weighted by Crippen LogP contribution is 2.35. The molecule has 12 heteroatoms. The molecule has 2 aromatic heterocycles. The Hall–Kier alpha value is -2.25. The molecule has 0 spiro atoms. The van der Waals surface area contributed by atoms with Crippen LogP contribution in [0.25, 0.3) is 11.0 Å². The van der Waals surface area contributed by atoms with Crippen LogP contribution in [0.5, 0.6) is 0 Å². The molecule has 0 radical (unpaired) electrons. The first-order valence-corrected chi connectivity index (χ1v) is 12.3. The second-order valence-corrected chi connectivity index (χ2v) is 10.0. The summed E-state index contributed by atoms with van der Waals surface area (Å²) in [6.45, 7) is 4.09. The molecule has 0 amide bonds. The summed E-state index contributed by atoms with van der Waals surface area (Å²) < 4.78 is 25.2. The zero-order valence-electron chi connectivity index (χ0n) is 17.6. The van der Waals surface area contributed by atoms with Crippen LogP contribution in [-0.2, 0) is 11.2 Å². The Balaban J connectivity index is 1.86. The van der Waals surface area contributed by atoms with Crippen LogP contribution in [0.15, 0.2) is 40.5 Å². The van der Waals surface area contributed by atoms with Crippen molar-refractivity contribution in [2.45, 2.75) is 36.2 Å². The van der Waals surface area contributed by atoms with Gasteiger partial charge < -0.3 is 19.7 Å². The van der Waals surface area contributed by atoms with E-state index in [1.807, 2.05) is 4.90 Å². The highest BCUT2D eigenvalue weighted by atomic mass is 32.2. The third-order valence-electron chi connectivity index (χ3n) is 4.96. The van der Waals surface area contributed by atoms with E-state index in [-0.39, 0.29) is 11.8 Å². The summed E-state index contributed by atoms with van der Waals surface area (Å²) in [6.07, 6.45) is -0.678. The number of anilines is 2. The Labute approximate surface area is 191 Å². The van der Waals surface area contributed by atoms with Crippen molar-refractivity contribution in [3.8, 4) is 0 Å². The maximum Gasteiger partial charge on any atom is 0.232 e. The van der Waals surface area contributed by atoms with Crippen LogP contribution in [0.3, 0.4) is 0 Å². The lowest BCUT2D eigenvalue weighted by molar-refractivity contribution is 0.103. The largest absolute Gasteiger partial charge is 0.616 e. The predicted octanol–water partition coefficient (Wildman–Crippen LogP) is 1.76. The molecule has 1 aliphatic heterocycles. The lowest BCUT2D eigenvalue weighted by Crippen LogP contribution is -2.43. The fourth-order valence-electron chi connectivity index (χ4n) is 3.42. The van der Waals surface area contributed by atoms with Crippen molar-refractivity contribution in [1.82, 2.24) is 19.9 Å². The Bertz CT molecular complexity index is 1070. The van der Waals surface area contributed by atoms with E-state index >= 15 is 0 Å². The topological polar surface area (TPSA) is 122 Å². The van der Waals surface area contributed by atoms with Crippen LogP contribution in [-0.4, -0.2) is 71.8 Å². The van der Waals surface area contributed by atoms with Gasteiger partial charge in [-0.05, 0) is 38.1 Å². The lowest BCUT2D eigenvalue weighted by atomic mass is 10.3. The molecule has 32 heavy (non-hydrogen) atoms. The van der Waals surface area contributed by atoms with E-state index < -0.39 is 23.6 Å². The number of benzene rings is 1. The maximum absolute atomic E-state index is 13.3. The summed E-state index contributed by atoms with van der Waals surface area (Å²) in [5.41, 5.74) is 0.956. The number of halogens is 1. The third kappa shape index (κ3) is 4.89. The maximum atomic E-state index is 13.3. The van der Waals surface area contributed by atoms with E-state index in [0.717, 1.165) is 4.90 Å². The number of aromatic nitrogens is 4. The van der Waals surface area contributed by atoms with Crippen LogP contribution >= 0.6 is 11.8 Å². The average molecular weight is 479 g/mol. The minimum absolute atomic E-state index is 0.125. The molecule has 0 bridgehead atoms. The molecule has 0 saturated carbocycles. The molecular weight excluding hydrogens is 455 g/mol. The first-order valence-electron chi connectivity index (χ1n) is 10.0. The van der Waals surface area contributed by atoms with Crippen molar-refractivity contribution < 1.29 is 19.2 Å². The van der Waals surface area contributed by atoms with Gasteiger partial charge in [0, 0.05) is 4.90 Å². The van der Waals surface area contributed by atoms with Gasteiger partial charge in [0.1, 0.15) is 52.2 Å². The summed E-state index contributed by atoms with van der Waals surface area (Å²) in [6, 6.07) is 6.03. The van der Waals surface area contributed by atoms with Gasteiger partial charge in [0.15, 0.2) is 5.82 Å². The summed E-state index contributed by atoms with van der Waals surface area (Å²) in [5.74, 6) is 1.34. The van der Waals surface area contributed by atoms with Crippen molar-refractivity contribution in [3.63, 3.8) is 0 Å². The minimum atomic E-state index is -1.05. The van der Waals surface area contributed by atoms with E-state index in [1.165, 1.54) is 49.0 Å². The summed E-state index contributed by atoms with van der Waals surface area (Å²) in [4.78, 5) is 22.0. The Morgan fingerprint density at radius 3 is 2.34 bits per heavy atom. The fraction of sp³-hybridized carbons (Fsp3) is 0.400. The number of rotatable bonds is 6. The number of nitrogens with zero attached hydrogens (tertiary/aromatic N) is 6. The molecule has 170 valence electrons. The van der Waals surface area contributed by atoms with E-state index in [9.17, 15) is 19.2 Å². The van der Waals surface area contributed by atoms with Gasteiger partial charge in [-0.1, -0.05) is 22.9 Å². The number of hydrogen-bond acceptors (Lipinski definition) is 10. The van der Waals surface area contributed by atoms with Gasteiger partial charge in [0.25, 0.3) is 0 Å². The zero-order valence-corrected chi connectivity index (χ0v) is 19.2. The van der Waals surface area contributed by atoms with Gasteiger partial charge in [-0.2, -0.15) is 4.98 Å². The summed E-state index contributed by atoms with van der Waals surface area (Å²) >= 11 is 0.427. The van der Waals surface area contributed by atoms with E-state index in [4.69, 9.17) is 0 Å². The molecule has 1 aromatic carbocycles. The normalized spacial score (nSPS) is 16.9. The average Bonchev–Trinajstić information content (AvgIpc) is 2.75. The molecule has 2 unspecified atom stereocenters. The van der Waals surface area contributed by atoms with E-state index in [0.29, 0.717) is 46.5 Å². The van der Waals surface area contributed by atoms with Crippen LogP contribution in [0.1, 0.15) is 13.8 Å². The highest BCUT2D eigenvalue weighted by Gasteiger charge is 2.28. The van der Waals surface area contributed by atoms with Gasteiger partial charge in [-0.15, -0.1) is 0 Å². The molecule has 9 nitrogen and oxygen atoms in total. The van der Waals surface area contributed by atoms with E-state index in [2.05, 4.69) is 19.9 Å². The second-order valence-electron chi connectivity index (χ2n) is 7.29. The third-order valence-corrected chi connectivity index (χ3v) is 7.24. The highest BCUT2D eigenvalue weighted by molar-refractivity contribution is 7.99. The molecule has 1 fully saturated rings. The standard InChI is InChI=1S/C20H23FN6O3S2/c1-12(28)27(13(2)29)20-24-17-16(18(25-20)26-7-9-32(30)10-8-26)22-11-23-19(17)31-15-5-3-14(21)4-6-15/h3-6,11-13,28-29H,7-10H2,1-2H3. The second kappa shape index (κ2) is 9.71. The van der Waals surface area contributed by atoms with Gasteiger partial charge in [-0.3, -0.25) is 4.90 Å². The van der Waals surface area contributed by atoms with Gasteiger partial charge >= 0.3 is 0 Å². The monoisotopic (exact) mass is 478 g/mol. The first-order chi connectivity index (χ1) is 15.3. The SMILES string of the molecule is CC(O)N(c1nc(N2CC[S+]([O-])CC2)c2ncnc(Sc3ccc(F)cc3)c2n1)C(C)O. The van der Waals surface area contributed by atoms with Crippen molar-refractivity contribution in [3.05, 3.63) is 36.4 Å². The number of fused-ring (bicyclic) bond motifs is 1. The van der Waals surface area contributed by atoms with Crippen molar-refractivity contribution in [1.29, 1.82) is 0 Å². The molecule has 2 N–H and O–H groups in total. The molecule has 3 heterocycles. The predicted molar refractivity (Wildman–Crippen MR) is 122 cm³/mol. The quantitative estimate of drug-likeness (QED) is 0.308. The Morgan fingerprint density at radius 1 is 1.06 bits per heavy atom. The fourth-order valence-corrected chi connectivity index (χ4v) is 5.31. The molecule has 1 aliphatic rings. The van der Waals surface area contributed by atoms with Crippen LogP contribution in [0.4, 0.5) is 16.2 Å². The van der Waals surface area contributed by atoms with E-state index in [1.54, 1.807) is 12.1 Å². The summed E-state index contributed by atoms with van der Waals surface area (Å²) in [7, 11) is 0. The number of aliphatic hydroxyl groups excluding tert-OH is 2. The molecular formula is C20H23FN6O3S2. The summed E-state index contributed by atoms with van der Waals surface area (Å²) in [5, 5.41) is 21.0. The minimum Gasteiger partial charge on any atom is -0.616 e.